The van der Waals surface area contributed by atoms with E-state index in [2.05, 4.69) is 0 Å². The molecule has 0 spiro atoms. The first-order valence-corrected chi connectivity index (χ1v) is 7.55. The number of nitro groups is 1. The molecule has 0 amide bonds. The van der Waals surface area contributed by atoms with Gasteiger partial charge in [-0.2, -0.15) is 0 Å². The minimum atomic E-state index is -0.912. The molecular weight excluding hydrogens is 318 g/mol. The van der Waals surface area contributed by atoms with E-state index >= 15 is 0 Å². The van der Waals surface area contributed by atoms with E-state index in [4.69, 9.17) is 0 Å². The Labute approximate surface area is 137 Å². The van der Waals surface area contributed by atoms with Crippen LogP contribution in [-0.2, 0) is 13.0 Å². The summed E-state index contributed by atoms with van der Waals surface area (Å²) in [5.74, 6) is -1.16. The summed E-state index contributed by atoms with van der Waals surface area (Å²) in [5, 5.41) is 21.1. The van der Waals surface area contributed by atoms with Crippen LogP contribution in [0.2, 0.25) is 0 Å². The lowest BCUT2D eigenvalue weighted by Gasteiger charge is -2.30. The van der Waals surface area contributed by atoms with Crippen molar-refractivity contribution >= 4 is 5.69 Å². The maximum Gasteiger partial charge on any atom is 0.269 e. The van der Waals surface area contributed by atoms with Crippen molar-refractivity contribution in [3.63, 3.8) is 0 Å². The quantitative estimate of drug-likeness (QED) is 0.689. The summed E-state index contributed by atoms with van der Waals surface area (Å²) in [4.78, 5) is 12.2. The molecule has 0 aromatic heterocycles. The lowest BCUT2D eigenvalue weighted by molar-refractivity contribution is -0.385. The second-order valence-electron chi connectivity index (χ2n) is 5.88. The number of hydrogen-bond acceptors (Lipinski definition) is 4. The molecule has 24 heavy (non-hydrogen) atoms. The van der Waals surface area contributed by atoms with Crippen molar-refractivity contribution in [2.75, 3.05) is 13.1 Å². The van der Waals surface area contributed by atoms with Gasteiger partial charge in [-0.05, 0) is 29.2 Å². The second kappa shape index (κ2) is 6.62. The van der Waals surface area contributed by atoms with Crippen LogP contribution in [0.25, 0.3) is 0 Å². The zero-order chi connectivity index (χ0) is 17.3. The Bertz CT molecular complexity index is 782. The number of aliphatic hydroxyl groups is 1. The molecule has 1 unspecified atom stereocenters. The maximum atomic E-state index is 13.7. The SMILES string of the molecule is O=[N+]([O-])c1cccc(C(O)CN2CCc3c(F)cc(F)cc3C2)c1. The number of nitrogens with zero attached hydrogens (tertiary/aromatic N) is 2. The molecule has 1 N–H and O–H groups in total. The van der Waals surface area contributed by atoms with Gasteiger partial charge in [-0.15, -0.1) is 0 Å². The zero-order valence-electron chi connectivity index (χ0n) is 12.8. The van der Waals surface area contributed by atoms with Gasteiger partial charge < -0.3 is 5.11 Å². The van der Waals surface area contributed by atoms with Gasteiger partial charge in [0.2, 0.25) is 0 Å². The second-order valence-corrected chi connectivity index (χ2v) is 5.88. The molecule has 1 aliphatic heterocycles. The molecule has 1 aliphatic rings. The first-order valence-electron chi connectivity index (χ1n) is 7.55. The number of β-amino-alcohol motifs (C(OH)–C–C–N with tert-alkyl or cyclic N) is 1. The highest BCUT2D eigenvalue weighted by atomic mass is 19.1. The molecule has 2 aromatic carbocycles. The van der Waals surface area contributed by atoms with Crippen molar-refractivity contribution in [1.82, 2.24) is 4.90 Å². The van der Waals surface area contributed by atoms with Gasteiger partial charge in [0.15, 0.2) is 0 Å². The highest BCUT2D eigenvalue weighted by Crippen LogP contribution is 2.26. The van der Waals surface area contributed by atoms with Gasteiger partial charge >= 0.3 is 0 Å². The van der Waals surface area contributed by atoms with Crippen LogP contribution in [0.5, 0.6) is 0 Å². The van der Waals surface area contributed by atoms with Gasteiger partial charge in [0.1, 0.15) is 11.6 Å². The molecule has 0 saturated heterocycles. The van der Waals surface area contributed by atoms with Crippen LogP contribution in [-0.4, -0.2) is 28.0 Å². The number of nitro benzene ring substituents is 1. The number of hydrogen-bond donors (Lipinski definition) is 1. The highest BCUT2D eigenvalue weighted by molar-refractivity contribution is 5.35. The van der Waals surface area contributed by atoms with E-state index < -0.39 is 22.7 Å². The Morgan fingerprint density at radius 1 is 1.29 bits per heavy atom. The summed E-state index contributed by atoms with van der Waals surface area (Å²) in [6.07, 6.45) is -0.479. The Balaban J connectivity index is 1.73. The molecule has 0 saturated carbocycles. The fourth-order valence-electron chi connectivity index (χ4n) is 3.02. The standard InChI is InChI=1S/C17H16F2N2O3/c18-13-6-12-9-20(5-4-15(12)16(19)8-13)10-17(22)11-2-1-3-14(7-11)21(23)24/h1-3,6-8,17,22H,4-5,9-10H2. The van der Waals surface area contributed by atoms with Crippen LogP contribution in [0.15, 0.2) is 36.4 Å². The average Bonchev–Trinajstić information content (AvgIpc) is 2.54. The van der Waals surface area contributed by atoms with E-state index in [-0.39, 0.29) is 12.2 Å². The Hall–Kier alpha value is -2.38. The molecule has 0 fully saturated rings. The van der Waals surface area contributed by atoms with E-state index in [1.807, 2.05) is 4.90 Å². The minimum Gasteiger partial charge on any atom is -0.387 e. The largest absolute Gasteiger partial charge is 0.387 e. The summed E-state index contributed by atoms with van der Waals surface area (Å²) in [7, 11) is 0. The first-order chi connectivity index (χ1) is 11.4. The molecule has 0 radical (unpaired) electrons. The summed E-state index contributed by atoms with van der Waals surface area (Å²) in [6.45, 7) is 1.09. The predicted octanol–water partition coefficient (Wildman–Crippen LogP) is 2.96. The number of fused-ring (bicyclic) bond motifs is 1. The van der Waals surface area contributed by atoms with E-state index in [9.17, 15) is 24.0 Å². The van der Waals surface area contributed by atoms with Crippen molar-refractivity contribution < 1.29 is 18.8 Å². The molecule has 2 aromatic rings. The topological polar surface area (TPSA) is 66.6 Å². The maximum absolute atomic E-state index is 13.7. The van der Waals surface area contributed by atoms with Crippen LogP contribution in [0.4, 0.5) is 14.5 Å². The lowest BCUT2D eigenvalue weighted by atomic mass is 9.98. The third kappa shape index (κ3) is 3.42. The summed E-state index contributed by atoms with van der Waals surface area (Å²) >= 11 is 0. The molecule has 0 aliphatic carbocycles. The van der Waals surface area contributed by atoms with E-state index in [1.54, 1.807) is 6.07 Å². The van der Waals surface area contributed by atoms with E-state index in [0.29, 0.717) is 36.2 Å². The van der Waals surface area contributed by atoms with Gasteiger partial charge in [-0.3, -0.25) is 15.0 Å². The van der Waals surface area contributed by atoms with Gasteiger partial charge in [-0.1, -0.05) is 12.1 Å². The smallest absolute Gasteiger partial charge is 0.269 e. The van der Waals surface area contributed by atoms with Crippen molar-refractivity contribution in [2.24, 2.45) is 0 Å². The fourth-order valence-corrected chi connectivity index (χ4v) is 3.02. The molecule has 126 valence electrons. The van der Waals surface area contributed by atoms with Crippen molar-refractivity contribution in [3.8, 4) is 0 Å². The number of benzene rings is 2. The zero-order valence-corrected chi connectivity index (χ0v) is 12.8. The van der Waals surface area contributed by atoms with Gasteiger partial charge in [0.05, 0.1) is 11.0 Å². The number of halogens is 2. The van der Waals surface area contributed by atoms with Crippen molar-refractivity contribution in [3.05, 3.63) is 74.8 Å². The van der Waals surface area contributed by atoms with E-state index in [1.165, 1.54) is 24.3 Å². The molecule has 7 heteroatoms. The fraction of sp³-hybridized carbons (Fsp3) is 0.294. The summed E-state index contributed by atoms with van der Waals surface area (Å²) in [6, 6.07) is 8.03. The summed E-state index contributed by atoms with van der Waals surface area (Å²) < 4.78 is 27.1. The number of non-ortho nitro benzene ring substituents is 1. The monoisotopic (exact) mass is 334 g/mol. The molecule has 1 heterocycles. The predicted molar refractivity (Wildman–Crippen MR) is 83.4 cm³/mol. The first kappa shape index (κ1) is 16.5. The number of aliphatic hydroxyl groups excluding tert-OH is 1. The third-order valence-corrected chi connectivity index (χ3v) is 4.22. The molecular formula is C17H16F2N2O3. The highest BCUT2D eigenvalue weighted by Gasteiger charge is 2.23. The van der Waals surface area contributed by atoms with Crippen LogP contribution in [0, 0.1) is 21.7 Å². The molecule has 1 atom stereocenters. The summed E-state index contributed by atoms with van der Waals surface area (Å²) in [5.41, 5.74) is 1.45. The molecule has 3 rings (SSSR count). The Kier molecular flexibility index (Phi) is 4.55. The molecule has 5 nitrogen and oxygen atoms in total. The third-order valence-electron chi connectivity index (χ3n) is 4.22. The Morgan fingerprint density at radius 3 is 2.83 bits per heavy atom. The van der Waals surface area contributed by atoms with Gasteiger partial charge in [0, 0.05) is 37.8 Å². The van der Waals surface area contributed by atoms with Crippen LogP contribution >= 0.6 is 0 Å². The van der Waals surface area contributed by atoms with E-state index in [0.717, 1.165) is 6.07 Å². The van der Waals surface area contributed by atoms with Crippen LogP contribution < -0.4 is 0 Å². The van der Waals surface area contributed by atoms with Crippen LogP contribution in [0.1, 0.15) is 22.8 Å². The van der Waals surface area contributed by atoms with Crippen molar-refractivity contribution in [1.29, 1.82) is 0 Å². The van der Waals surface area contributed by atoms with Crippen LogP contribution in [0.3, 0.4) is 0 Å². The van der Waals surface area contributed by atoms with Crippen molar-refractivity contribution in [2.45, 2.75) is 19.1 Å². The minimum absolute atomic E-state index is 0.0836. The normalized spacial score (nSPS) is 15.8. The van der Waals surface area contributed by atoms with Gasteiger partial charge in [0.25, 0.3) is 5.69 Å². The Morgan fingerprint density at radius 2 is 2.08 bits per heavy atom. The lowest BCUT2D eigenvalue weighted by Crippen LogP contribution is -2.34. The average molecular weight is 334 g/mol. The van der Waals surface area contributed by atoms with Gasteiger partial charge in [-0.25, -0.2) is 8.78 Å². The molecule has 0 bridgehead atoms. The number of rotatable bonds is 4.